The second kappa shape index (κ2) is 5.14. The van der Waals surface area contributed by atoms with E-state index >= 15 is 0 Å². The number of rotatable bonds is 3. The number of sulfone groups is 1. The minimum atomic E-state index is -3.22. The number of pyridine rings is 1. The first-order valence-corrected chi connectivity index (χ1v) is 8.19. The van der Waals surface area contributed by atoms with Gasteiger partial charge >= 0.3 is 0 Å². The van der Waals surface area contributed by atoms with Crippen molar-refractivity contribution in [2.45, 2.75) is 4.90 Å². The van der Waals surface area contributed by atoms with E-state index < -0.39 is 9.84 Å². The van der Waals surface area contributed by atoms with Crippen molar-refractivity contribution in [3.05, 3.63) is 54.9 Å². The number of benzene rings is 1. The molecule has 2 aromatic heterocycles. The molecule has 0 aliphatic rings. The van der Waals surface area contributed by atoms with Gasteiger partial charge in [0.05, 0.1) is 16.3 Å². The molecule has 0 aliphatic carbocycles. The third-order valence-electron chi connectivity index (χ3n) is 3.11. The van der Waals surface area contributed by atoms with Crippen LogP contribution in [0.3, 0.4) is 0 Å². The van der Waals surface area contributed by atoms with Crippen LogP contribution in [-0.4, -0.2) is 29.9 Å². The Labute approximate surface area is 122 Å². The smallest absolute Gasteiger partial charge is 0.175 e. The lowest BCUT2D eigenvalue weighted by molar-refractivity contribution is 0.602. The van der Waals surface area contributed by atoms with E-state index in [4.69, 9.17) is 0 Å². The van der Waals surface area contributed by atoms with Crippen molar-refractivity contribution in [1.29, 1.82) is 0 Å². The summed E-state index contributed by atoms with van der Waals surface area (Å²) in [4.78, 5) is 4.35. The largest absolute Gasteiger partial charge is 0.277 e. The highest BCUT2D eigenvalue weighted by atomic mass is 32.2. The van der Waals surface area contributed by atoms with Crippen LogP contribution in [-0.2, 0) is 9.84 Å². The highest BCUT2D eigenvalue weighted by Crippen LogP contribution is 2.24. The third-order valence-corrected chi connectivity index (χ3v) is 4.22. The molecule has 0 spiro atoms. The summed E-state index contributed by atoms with van der Waals surface area (Å²) in [5.41, 5.74) is 3.21. The molecule has 0 aliphatic heterocycles. The van der Waals surface area contributed by atoms with Crippen molar-refractivity contribution < 1.29 is 8.42 Å². The Morgan fingerprint density at radius 1 is 1.05 bits per heavy atom. The molecule has 21 heavy (non-hydrogen) atoms. The van der Waals surface area contributed by atoms with Crippen LogP contribution in [0.1, 0.15) is 0 Å². The van der Waals surface area contributed by atoms with Crippen LogP contribution in [0.5, 0.6) is 0 Å². The standard InChI is InChI=1S/C15H13N3O2S/c1-21(19,20)13-6-2-4-11(8-13)14-9-15(18-17-14)12-5-3-7-16-10-12/h2-10H,1H3,(H,17,18). The molecule has 106 valence electrons. The van der Waals surface area contributed by atoms with Crippen molar-refractivity contribution in [2.24, 2.45) is 0 Å². The Morgan fingerprint density at radius 3 is 2.57 bits per heavy atom. The van der Waals surface area contributed by atoms with Gasteiger partial charge in [-0.1, -0.05) is 12.1 Å². The molecule has 0 saturated carbocycles. The molecule has 1 aromatic carbocycles. The van der Waals surface area contributed by atoms with Crippen LogP contribution in [0.15, 0.2) is 59.8 Å². The third kappa shape index (κ3) is 2.85. The second-order valence-corrected chi connectivity index (χ2v) is 6.72. The molecule has 5 nitrogen and oxygen atoms in total. The summed E-state index contributed by atoms with van der Waals surface area (Å²) in [6, 6.07) is 12.4. The summed E-state index contributed by atoms with van der Waals surface area (Å²) in [6.07, 6.45) is 4.62. The van der Waals surface area contributed by atoms with Gasteiger partial charge in [-0.25, -0.2) is 8.42 Å². The lowest BCUT2D eigenvalue weighted by Crippen LogP contribution is -1.96. The van der Waals surface area contributed by atoms with E-state index in [1.807, 2.05) is 24.3 Å². The number of hydrogen-bond acceptors (Lipinski definition) is 4. The second-order valence-electron chi connectivity index (χ2n) is 4.71. The minimum absolute atomic E-state index is 0.289. The molecule has 0 radical (unpaired) electrons. The summed E-state index contributed by atoms with van der Waals surface area (Å²) in [5.74, 6) is 0. The monoisotopic (exact) mass is 299 g/mol. The highest BCUT2D eigenvalue weighted by molar-refractivity contribution is 7.90. The Balaban J connectivity index is 2.01. The van der Waals surface area contributed by atoms with Crippen LogP contribution in [0.4, 0.5) is 0 Å². The summed E-state index contributed by atoms with van der Waals surface area (Å²) in [7, 11) is -3.22. The van der Waals surface area contributed by atoms with Gasteiger partial charge in [0.15, 0.2) is 9.84 Å². The van der Waals surface area contributed by atoms with Gasteiger partial charge in [-0.2, -0.15) is 5.10 Å². The molecule has 3 aromatic rings. The first kappa shape index (κ1) is 13.5. The van der Waals surface area contributed by atoms with Gasteiger partial charge in [-0.15, -0.1) is 0 Å². The van der Waals surface area contributed by atoms with Crippen molar-refractivity contribution in [1.82, 2.24) is 15.2 Å². The van der Waals surface area contributed by atoms with Gasteiger partial charge in [0.25, 0.3) is 0 Å². The van der Waals surface area contributed by atoms with E-state index in [2.05, 4.69) is 15.2 Å². The molecule has 1 N–H and O–H groups in total. The summed E-state index contributed by atoms with van der Waals surface area (Å²) in [5, 5.41) is 7.17. The average Bonchev–Trinajstić information content (AvgIpc) is 2.97. The minimum Gasteiger partial charge on any atom is -0.277 e. The summed E-state index contributed by atoms with van der Waals surface area (Å²) in [6.45, 7) is 0. The maximum Gasteiger partial charge on any atom is 0.175 e. The summed E-state index contributed by atoms with van der Waals surface area (Å²) >= 11 is 0. The highest BCUT2D eigenvalue weighted by Gasteiger charge is 2.10. The van der Waals surface area contributed by atoms with Crippen molar-refractivity contribution >= 4 is 9.84 Å². The summed E-state index contributed by atoms with van der Waals surface area (Å²) < 4.78 is 23.2. The average molecular weight is 299 g/mol. The van der Waals surface area contributed by atoms with Gasteiger partial charge in [-0.05, 0) is 30.3 Å². The molecule has 0 saturated heterocycles. The fourth-order valence-electron chi connectivity index (χ4n) is 2.03. The molecule has 0 atom stereocenters. The van der Waals surface area contributed by atoms with E-state index in [0.717, 1.165) is 22.5 Å². The van der Waals surface area contributed by atoms with E-state index in [9.17, 15) is 8.42 Å². The van der Waals surface area contributed by atoms with E-state index in [1.54, 1.807) is 30.6 Å². The van der Waals surface area contributed by atoms with Crippen molar-refractivity contribution in [3.8, 4) is 22.5 Å². The van der Waals surface area contributed by atoms with Gasteiger partial charge in [0.2, 0.25) is 0 Å². The lowest BCUT2D eigenvalue weighted by atomic mass is 10.1. The van der Waals surface area contributed by atoms with Crippen molar-refractivity contribution in [3.63, 3.8) is 0 Å². The Kier molecular flexibility index (Phi) is 3.31. The van der Waals surface area contributed by atoms with Crippen LogP contribution in [0.2, 0.25) is 0 Å². The molecular formula is C15H13N3O2S. The van der Waals surface area contributed by atoms with Crippen molar-refractivity contribution in [2.75, 3.05) is 6.26 Å². The normalized spacial score (nSPS) is 11.5. The molecular weight excluding hydrogens is 286 g/mol. The molecule has 0 amide bonds. The van der Waals surface area contributed by atoms with Gasteiger partial charge in [-0.3, -0.25) is 10.1 Å². The number of hydrogen-bond donors (Lipinski definition) is 1. The molecule has 3 rings (SSSR count). The first-order chi connectivity index (χ1) is 10.0. The molecule has 0 bridgehead atoms. The zero-order valence-electron chi connectivity index (χ0n) is 11.3. The zero-order chi connectivity index (χ0) is 14.9. The SMILES string of the molecule is CS(=O)(=O)c1cccc(-c2cc(-c3cccnc3)n[nH]2)c1. The topological polar surface area (TPSA) is 75.7 Å². The molecule has 0 fully saturated rings. The predicted molar refractivity (Wildman–Crippen MR) is 80.4 cm³/mol. The Bertz CT molecular complexity index is 871. The fourth-order valence-corrected chi connectivity index (χ4v) is 2.69. The molecule has 2 heterocycles. The van der Waals surface area contributed by atoms with E-state index in [1.165, 1.54) is 6.26 Å². The van der Waals surface area contributed by atoms with E-state index in [0.29, 0.717) is 0 Å². The first-order valence-electron chi connectivity index (χ1n) is 6.30. The van der Waals surface area contributed by atoms with E-state index in [-0.39, 0.29) is 4.90 Å². The van der Waals surface area contributed by atoms with Gasteiger partial charge in [0, 0.05) is 29.8 Å². The van der Waals surface area contributed by atoms with Crippen LogP contribution >= 0.6 is 0 Å². The maximum atomic E-state index is 11.6. The van der Waals surface area contributed by atoms with Gasteiger partial charge in [0.1, 0.15) is 0 Å². The zero-order valence-corrected chi connectivity index (χ0v) is 12.1. The number of aromatic nitrogens is 3. The lowest BCUT2D eigenvalue weighted by Gasteiger charge is -2.01. The van der Waals surface area contributed by atoms with Gasteiger partial charge < -0.3 is 0 Å². The quantitative estimate of drug-likeness (QED) is 0.806. The number of nitrogens with one attached hydrogen (secondary N) is 1. The number of nitrogens with zero attached hydrogens (tertiary/aromatic N) is 2. The molecule has 0 unspecified atom stereocenters. The predicted octanol–water partition coefficient (Wildman–Crippen LogP) is 2.54. The van der Waals surface area contributed by atoms with Crippen LogP contribution in [0, 0.1) is 0 Å². The fraction of sp³-hybridized carbons (Fsp3) is 0.0667. The Morgan fingerprint density at radius 2 is 1.86 bits per heavy atom. The maximum absolute atomic E-state index is 11.6. The Hall–Kier alpha value is -2.47. The molecule has 6 heteroatoms. The number of aromatic amines is 1. The number of H-pyrrole nitrogens is 1. The van der Waals surface area contributed by atoms with Crippen LogP contribution < -0.4 is 0 Å². The van der Waals surface area contributed by atoms with Crippen LogP contribution in [0.25, 0.3) is 22.5 Å².